The van der Waals surface area contributed by atoms with Gasteiger partial charge in [0.1, 0.15) is 5.82 Å². The molecule has 1 aliphatic carbocycles. The van der Waals surface area contributed by atoms with E-state index in [2.05, 4.69) is 16.8 Å². The lowest BCUT2D eigenvalue weighted by Crippen LogP contribution is -2.62. The van der Waals surface area contributed by atoms with E-state index in [0.29, 0.717) is 25.0 Å². The van der Waals surface area contributed by atoms with E-state index in [0.717, 1.165) is 51.0 Å². The van der Waals surface area contributed by atoms with E-state index in [4.69, 9.17) is 0 Å². The summed E-state index contributed by atoms with van der Waals surface area (Å²) < 4.78 is 0. The van der Waals surface area contributed by atoms with E-state index in [-0.39, 0.29) is 17.4 Å². The Balaban J connectivity index is 1.38. The molecule has 29 heavy (non-hydrogen) atoms. The summed E-state index contributed by atoms with van der Waals surface area (Å²) in [6, 6.07) is 6.45. The molecule has 3 aliphatic rings. The first kappa shape index (κ1) is 20.1. The van der Waals surface area contributed by atoms with E-state index in [1.807, 2.05) is 23.1 Å². The highest BCUT2D eigenvalue weighted by molar-refractivity contribution is 5.91. The summed E-state index contributed by atoms with van der Waals surface area (Å²) in [4.78, 5) is 34.1. The van der Waals surface area contributed by atoms with E-state index in [1.54, 1.807) is 18.0 Å². The topological polar surface area (TPSA) is 77.0 Å². The largest absolute Gasteiger partial charge is 0.465 e. The average molecular weight is 401 g/mol. The predicted octanol–water partition coefficient (Wildman–Crippen LogP) is 3.07. The molecule has 3 unspecified atom stereocenters. The van der Waals surface area contributed by atoms with Gasteiger partial charge in [-0.25, -0.2) is 9.78 Å². The molecule has 4 rings (SSSR count). The first-order valence-electron chi connectivity index (χ1n) is 10.9. The quantitative estimate of drug-likeness (QED) is 0.841. The Morgan fingerprint density at radius 3 is 2.59 bits per heavy atom. The fraction of sp³-hybridized carbons (Fsp3) is 0.682. The molecule has 7 nitrogen and oxygen atoms in total. The van der Waals surface area contributed by atoms with Gasteiger partial charge >= 0.3 is 6.09 Å². The molecule has 3 heterocycles. The van der Waals surface area contributed by atoms with Crippen molar-refractivity contribution in [2.45, 2.75) is 58.0 Å². The molecular formula is C22H32N4O3. The third-order valence-electron chi connectivity index (χ3n) is 7.53. The van der Waals surface area contributed by atoms with Gasteiger partial charge in [0.15, 0.2) is 0 Å². The van der Waals surface area contributed by atoms with Crippen LogP contribution in [0.4, 0.5) is 10.6 Å². The second kappa shape index (κ2) is 7.94. The number of likely N-dealkylation sites (tertiary alicyclic amines) is 2. The molecule has 2 amide bonds. The van der Waals surface area contributed by atoms with E-state index in [9.17, 15) is 14.7 Å². The van der Waals surface area contributed by atoms with Gasteiger partial charge in [-0.05, 0) is 49.1 Å². The number of nitrogens with zero attached hydrogens (tertiary/aromatic N) is 4. The number of pyridine rings is 1. The molecule has 2 aliphatic heterocycles. The number of aromatic nitrogens is 1. The SMILES string of the molecule is CCC1C(N2CCC(N(C(C)=O)c3ccccn3)CC2)CC12CCN(C(=O)O)C2. The molecule has 0 radical (unpaired) electrons. The number of carbonyl (C=O) groups is 2. The minimum Gasteiger partial charge on any atom is -0.465 e. The number of anilines is 1. The van der Waals surface area contributed by atoms with Gasteiger partial charge in [0.05, 0.1) is 0 Å². The molecule has 0 bridgehead atoms. The maximum atomic E-state index is 12.3. The van der Waals surface area contributed by atoms with E-state index < -0.39 is 6.09 Å². The van der Waals surface area contributed by atoms with E-state index >= 15 is 0 Å². The molecule has 1 spiro atoms. The number of amides is 2. The molecule has 1 aromatic rings. The lowest BCUT2D eigenvalue weighted by Gasteiger charge is -2.58. The zero-order chi connectivity index (χ0) is 20.6. The number of piperidine rings is 1. The van der Waals surface area contributed by atoms with Crippen molar-refractivity contribution < 1.29 is 14.7 Å². The molecule has 1 saturated carbocycles. The summed E-state index contributed by atoms with van der Waals surface area (Å²) in [7, 11) is 0. The molecule has 1 aromatic heterocycles. The lowest BCUT2D eigenvalue weighted by atomic mass is 9.54. The highest BCUT2D eigenvalue weighted by atomic mass is 16.4. The van der Waals surface area contributed by atoms with Gasteiger partial charge in [-0.2, -0.15) is 0 Å². The first-order valence-corrected chi connectivity index (χ1v) is 10.9. The van der Waals surface area contributed by atoms with E-state index in [1.165, 1.54) is 0 Å². The summed E-state index contributed by atoms with van der Waals surface area (Å²) in [6.07, 6.45) is 6.08. The maximum Gasteiger partial charge on any atom is 0.407 e. The standard InChI is InChI=1S/C22H32N4O3/c1-3-18-19(14-22(18)9-13-25(15-22)21(28)29)24-11-7-17(8-12-24)26(16(2)27)20-6-4-5-10-23-20/h4-6,10,17-19H,3,7-9,11-15H2,1-2H3,(H,28,29). The van der Waals surface area contributed by atoms with Gasteiger partial charge in [-0.1, -0.05) is 19.4 Å². The van der Waals surface area contributed by atoms with Crippen molar-refractivity contribution in [3.8, 4) is 0 Å². The monoisotopic (exact) mass is 400 g/mol. The molecule has 3 atom stereocenters. The second-order valence-corrected chi connectivity index (χ2v) is 8.95. The Morgan fingerprint density at radius 1 is 1.28 bits per heavy atom. The van der Waals surface area contributed by atoms with Gasteiger partial charge in [-0.15, -0.1) is 0 Å². The van der Waals surface area contributed by atoms with Gasteiger partial charge < -0.3 is 10.0 Å². The second-order valence-electron chi connectivity index (χ2n) is 8.95. The molecular weight excluding hydrogens is 368 g/mol. The Bertz CT molecular complexity index is 750. The zero-order valence-electron chi connectivity index (χ0n) is 17.5. The van der Waals surface area contributed by atoms with Crippen molar-refractivity contribution in [2.24, 2.45) is 11.3 Å². The van der Waals surface area contributed by atoms with Crippen molar-refractivity contribution in [3.05, 3.63) is 24.4 Å². The van der Waals surface area contributed by atoms with Crippen LogP contribution >= 0.6 is 0 Å². The Labute approximate surface area is 172 Å². The summed E-state index contributed by atoms with van der Waals surface area (Å²) in [5, 5.41) is 9.34. The molecule has 0 aromatic carbocycles. The van der Waals surface area contributed by atoms with Gasteiger partial charge in [0.2, 0.25) is 5.91 Å². The lowest BCUT2D eigenvalue weighted by molar-refractivity contribution is -0.117. The minimum atomic E-state index is -0.778. The molecule has 158 valence electrons. The van der Waals surface area contributed by atoms with Crippen molar-refractivity contribution in [1.82, 2.24) is 14.8 Å². The van der Waals surface area contributed by atoms with Crippen molar-refractivity contribution in [3.63, 3.8) is 0 Å². The Hall–Kier alpha value is -2.15. The first-order chi connectivity index (χ1) is 13.9. The predicted molar refractivity (Wildman–Crippen MR) is 111 cm³/mol. The van der Waals surface area contributed by atoms with Crippen molar-refractivity contribution >= 4 is 17.8 Å². The fourth-order valence-corrected chi connectivity index (χ4v) is 6.15. The van der Waals surface area contributed by atoms with Gasteiger partial charge in [0, 0.05) is 51.4 Å². The summed E-state index contributed by atoms with van der Waals surface area (Å²) in [5.41, 5.74) is 0.189. The van der Waals surface area contributed by atoms with Crippen LogP contribution in [0.25, 0.3) is 0 Å². The van der Waals surface area contributed by atoms with Crippen molar-refractivity contribution in [2.75, 3.05) is 31.1 Å². The maximum absolute atomic E-state index is 12.3. The summed E-state index contributed by atoms with van der Waals surface area (Å²) in [6.45, 7) is 7.22. The van der Waals surface area contributed by atoms with Crippen LogP contribution in [0, 0.1) is 11.3 Å². The van der Waals surface area contributed by atoms with Crippen molar-refractivity contribution in [1.29, 1.82) is 0 Å². The third kappa shape index (κ3) is 3.61. The Morgan fingerprint density at radius 2 is 2.03 bits per heavy atom. The Kier molecular flexibility index (Phi) is 5.51. The van der Waals surface area contributed by atoms with Gasteiger partial charge in [-0.3, -0.25) is 14.6 Å². The number of carboxylic acid groups (broad SMARTS) is 1. The zero-order valence-corrected chi connectivity index (χ0v) is 17.5. The molecule has 3 fully saturated rings. The van der Waals surface area contributed by atoms with Crippen LogP contribution in [0.3, 0.4) is 0 Å². The third-order valence-corrected chi connectivity index (χ3v) is 7.53. The highest BCUT2D eigenvalue weighted by Crippen LogP contribution is 2.56. The highest BCUT2D eigenvalue weighted by Gasteiger charge is 2.58. The minimum absolute atomic E-state index is 0.0518. The van der Waals surface area contributed by atoms with Crippen LogP contribution in [-0.4, -0.2) is 70.2 Å². The van der Waals surface area contributed by atoms with Crippen LogP contribution in [-0.2, 0) is 4.79 Å². The fourth-order valence-electron chi connectivity index (χ4n) is 6.15. The van der Waals surface area contributed by atoms with Gasteiger partial charge in [0.25, 0.3) is 0 Å². The molecule has 2 saturated heterocycles. The number of hydrogen-bond acceptors (Lipinski definition) is 4. The van der Waals surface area contributed by atoms with Crippen LogP contribution in [0.5, 0.6) is 0 Å². The van der Waals surface area contributed by atoms with Crippen LogP contribution in [0.2, 0.25) is 0 Å². The number of rotatable bonds is 4. The summed E-state index contributed by atoms with van der Waals surface area (Å²) >= 11 is 0. The normalized spacial score (nSPS) is 30.3. The summed E-state index contributed by atoms with van der Waals surface area (Å²) in [5.74, 6) is 1.37. The number of carbonyl (C=O) groups excluding carboxylic acids is 1. The molecule has 1 N–H and O–H groups in total. The molecule has 7 heteroatoms. The number of hydrogen-bond donors (Lipinski definition) is 1. The van der Waals surface area contributed by atoms with Crippen LogP contribution in [0.1, 0.15) is 46.0 Å². The van der Waals surface area contributed by atoms with Crippen LogP contribution in [0.15, 0.2) is 24.4 Å². The smallest absolute Gasteiger partial charge is 0.407 e. The average Bonchev–Trinajstić information content (AvgIpc) is 3.16. The van der Waals surface area contributed by atoms with Crippen LogP contribution < -0.4 is 4.90 Å².